The van der Waals surface area contributed by atoms with Gasteiger partial charge in [-0.2, -0.15) is 0 Å². The van der Waals surface area contributed by atoms with Crippen molar-refractivity contribution in [2.24, 2.45) is 0 Å². The van der Waals surface area contributed by atoms with Crippen molar-refractivity contribution in [2.45, 2.75) is 0 Å². The van der Waals surface area contributed by atoms with Crippen LogP contribution in [0.1, 0.15) is 20.7 Å². The summed E-state index contributed by atoms with van der Waals surface area (Å²) in [7, 11) is 1.47. The number of ether oxygens (including phenoxy) is 1. The number of imide groups is 1. The zero-order valence-corrected chi connectivity index (χ0v) is 10.7. The number of nitrogens with zero attached hydrogens (tertiary/aromatic N) is 1. The first-order valence-electron chi connectivity index (χ1n) is 6.04. The Kier molecular flexibility index (Phi) is 4.13. The summed E-state index contributed by atoms with van der Waals surface area (Å²) < 4.78 is 5.11. The van der Waals surface area contributed by atoms with Crippen molar-refractivity contribution in [2.75, 3.05) is 38.7 Å². The Balaban J connectivity index is 1.99. The third-order valence-corrected chi connectivity index (χ3v) is 2.90. The van der Waals surface area contributed by atoms with Gasteiger partial charge in [0.2, 0.25) is 0 Å². The topological polar surface area (TPSA) is 78.9 Å². The number of benzene rings is 1. The Hall–Kier alpha value is -1.92. The van der Waals surface area contributed by atoms with E-state index in [1.165, 1.54) is 7.05 Å². The molecular formula is C13H16N2O4. The second-order valence-corrected chi connectivity index (χ2v) is 4.19. The fourth-order valence-corrected chi connectivity index (χ4v) is 1.91. The predicted molar refractivity (Wildman–Crippen MR) is 69.3 cm³/mol. The second kappa shape index (κ2) is 5.81. The summed E-state index contributed by atoms with van der Waals surface area (Å²) in [5.74, 6) is -0.544. The smallest absolute Gasteiger partial charge is 0.261 e. The molecule has 2 rings (SSSR count). The van der Waals surface area contributed by atoms with Crippen LogP contribution >= 0.6 is 0 Å². The van der Waals surface area contributed by atoms with E-state index in [1.54, 1.807) is 18.2 Å². The van der Waals surface area contributed by atoms with Gasteiger partial charge in [-0.25, -0.2) is 0 Å². The van der Waals surface area contributed by atoms with E-state index in [0.29, 0.717) is 30.9 Å². The zero-order chi connectivity index (χ0) is 13.8. The largest absolute Gasteiger partial charge is 0.394 e. The van der Waals surface area contributed by atoms with Crippen LogP contribution in [0.3, 0.4) is 0 Å². The van der Waals surface area contributed by atoms with Gasteiger partial charge in [-0.15, -0.1) is 0 Å². The minimum absolute atomic E-state index is 0.00178. The molecule has 2 amide bonds. The molecule has 1 aromatic carbocycles. The van der Waals surface area contributed by atoms with E-state index in [2.05, 4.69) is 5.32 Å². The van der Waals surface area contributed by atoms with Crippen LogP contribution in [0, 0.1) is 0 Å². The van der Waals surface area contributed by atoms with Gasteiger partial charge >= 0.3 is 0 Å². The molecule has 1 aromatic rings. The molecule has 0 radical (unpaired) electrons. The van der Waals surface area contributed by atoms with Crippen LogP contribution in [0.4, 0.5) is 5.69 Å². The second-order valence-electron chi connectivity index (χ2n) is 4.19. The highest BCUT2D eigenvalue weighted by molar-refractivity contribution is 6.21. The van der Waals surface area contributed by atoms with Gasteiger partial charge < -0.3 is 15.2 Å². The highest BCUT2D eigenvalue weighted by atomic mass is 16.5. The van der Waals surface area contributed by atoms with Crippen molar-refractivity contribution in [3.8, 4) is 0 Å². The summed E-state index contributed by atoms with van der Waals surface area (Å²) in [4.78, 5) is 24.6. The fraction of sp³-hybridized carbons (Fsp3) is 0.385. The summed E-state index contributed by atoms with van der Waals surface area (Å²) >= 11 is 0. The van der Waals surface area contributed by atoms with E-state index >= 15 is 0 Å². The number of hydrogen-bond donors (Lipinski definition) is 2. The third-order valence-electron chi connectivity index (χ3n) is 2.90. The summed E-state index contributed by atoms with van der Waals surface area (Å²) in [5.41, 5.74) is 1.63. The molecule has 1 aliphatic heterocycles. The quantitative estimate of drug-likeness (QED) is 0.572. The summed E-state index contributed by atoms with van der Waals surface area (Å²) in [6.07, 6.45) is 0. The maximum atomic E-state index is 11.8. The lowest BCUT2D eigenvalue weighted by Gasteiger charge is -2.07. The molecule has 0 saturated heterocycles. The van der Waals surface area contributed by atoms with Gasteiger partial charge in [-0.1, -0.05) is 0 Å². The Labute approximate surface area is 111 Å². The number of aliphatic hydroxyl groups is 1. The first kappa shape index (κ1) is 13.5. The third kappa shape index (κ3) is 2.74. The van der Waals surface area contributed by atoms with Gasteiger partial charge in [0.05, 0.1) is 30.9 Å². The van der Waals surface area contributed by atoms with Crippen molar-refractivity contribution in [1.29, 1.82) is 0 Å². The predicted octanol–water partition coefficient (Wildman–Crippen LogP) is 0.333. The first-order chi connectivity index (χ1) is 9.15. The number of carbonyl (C=O) groups is 2. The molecule has 0 unspecified atom stereocenters. The zero-order valence-electron chi connectivity index (χ0n) is 10.7. The molecule has 1 heterocycles. The maximum Gasteiger partial charge on any atom is 0.261 e. The SMILES string of the molecule is CN1C(=O)c2ccc(NCCOCCO)cc2C1=O. The molecule has 6 heteroatoms. The molecule has 0 bridgehead atoms. The Morgan fingerprint density at radius 3 is 2.68 bits per heavy atom. The van der Waals surface area contributed by atoms with Gasteiger partial charge in [-0.3, -0.25) is 14.5 Å². The molecule has 102 valence electrons. The van der Waals surface area contributed by atoms with Crippen LogP contribution in [-0.4, -0.2) is 55.2 Å². The number of aliphatic hydroxyl groups excluding tert-OH is 1. The summed E-state index contributed by atoms with van der Waals surface area (Å²) in [6, 6.07) is 5.08. The van der Waals surface area contributed by atoms with Crippen LogP contribution in [-0.2, 0) is 4.74 Å². The number of amides is 2. The van der Waals surface area contributed by atoms with Gasteiger partial charge in [-0.05, 0) is 18.2 Å². The van der Waals surface area contributed by atoms with Crippen molar-refractivity contribution >= 4 is 17.5 Å². The monoisotopic (exact) mass is 264 g/mol. The van der Waals surface area contributed by atoms with Crippen molar-refractivity contribution in [1.82, 2.24) is 4.90 Å². The lowest BCUT2D eigenvalue weighted by molar-refractivity contribution is 0.0693. The standard InChI is InChI=1S/C13H16N2O4/c1-15-12(17)10-3-2-9(8-11(10)13(15)18)14-4-6-19-7-5-16/h2-3,8,14,16H,4-7H2,1H3. The maximum absolute atomic E-state index is 11.8. The first-order valence-corrected chi connectivity index (χ1v) is 6.04. The number of rotatable bonds is 6. The summed E-state index contributed by atoms with van der Waals surface area (Å²) in [5, 5.41) is 11.6. The van der Waals surface area contributed by atoms with Crippen molar-refractivity contribution in [3.05, 3.63) is 29.3 Å². The molecule has 0 aromatic heterocycles. The van der Waals surface area contributed by atoms with Gasteiger partial charge in [0.1, 0.15) is 0 Å². The molecule has 6 nitrogen and oxygen atoms in total. The highest BCUT2D eigenvalue weighted by Gasteiger charge is 2.32. The Morgan fingerprint density at radius 2 is 1.95 bits per heavy atom. The molecule has 0 spiro atoms. The molecule has 0 atom stereocenters. The lowest BCUT2D eigenvalue weighted by atomic mass is 10.1. The van der Waals surface area contributed by atoms with Gasteiger partial charge in [0.25, 0.3) is 11.8 Å². The highest BCUT2D eigenvalue weighted by Crippen LogP contribution is 2.24. The lowest BCUT2D eigenvalue weighted by Crippen LogP contribution is -2.24. The molecule has 0 saturated carbocycles. The van der Waals surface area contributed by atoms with E-state index in [9.17, 15) is 9.59 Å². The van der Waals surface area contributed by atoms with Crippen LogP contribution in [0.15, 0.2) is 18.2 Å². The molecule has 0 fully saturated rings. The minimum Gasteiger partial charge on any atom is -0.394 e. The number of carbonyl (C=O) groups excluding carboxylic acids is 2. The minimum atomic E-state index is -0.278. The van der Waals surface area contributed by atoms with E-state index in [1.807, 2.05) is 0 Å². The van der Waals surface area contributed by atoms with E-state index in [0.717, 1.165) is 10.6 Å². The van der Waals surface area contributed by atoms with Crippen molar-refractivity contribution < 1.29 is 19.4 Å². The van der Waals surface area contributed by atoms with Crippen molar-refractivity contribution in [3.63, 3.8) is 0 Å². The average molecular weight is 264 g/mol. The molecule has 1 aliphatic rings. The van der Waals surface area contributed by atoms with E-state index in [-0.39, 0.29) is 18.4 Å². The normalized spacial score (nSPS) is 13.9. The number of anilines is 1. The molecule has 2 N–H and O–H groups in total. The number of hydrogen-bond acceptors (Lipinski definition) is 5. The average Bonchev–Trinajstić information content (AvgIpc) is 2.64. The Morgan fingerprint density at radius 1 is 1.21 bits per heavy atom. The Bertz CT molecular complexity index is 501. The van der Waals surface area contributed by atoms with Crippen LogP contribution < -0.4 is 5.32 Å². The molecular weight excluding hydrogens is 248 g/mol. The van der Waals surface area contributed by atoms with E-state index in [4.69, 9.17) is 9.84 Å². The van der Waals surface area contributed by atoms with Crippen LogP contribution in [0.5, 0.6) is 0 Å². The van der Waals surface area contributed by atoms with Crippen LogP contribution in [0.25, 0.3) is 0 Å². The molecule has 19 heavy (non-hydrogen) atoms. The summed E-state index contributed by atoms with van der Waals surface area (Å²) in [6.45, 7) is 1.34. The van der Waals surface area contributed by atoms with Crippen LogP contribution in [0.2, 0.25) is 0 Å². The molecule has 0 aliphatic carbocycles. The van der Waals surface area contributed by atoms with Gasteiger partial charge in [0, 0.05) is 19.3 Å². The fourth-order valence-electron chi connectivity index (χ4n) is 1.91. The number of fused-ring (bicyclic) bond motifs is 1. The van der Waals surface area contributed by atoms with Gasteiger partial charge in [0.15, 0.2) is 0 Å². The van der Waals surface area contributed by atoms with E-state index < -0.39 is 0 Å². The number of nitrogens with one attached hydrogen (secondary N) is 1.